The normalized spacial score (nSPS) is 23.8. The highest BCUT2D eigenvalue weighted by Gasteiger charge is 2.31. The summed E-state index contributed by atoms with van der Waals surface area (Å²) < 4.78 is 0. The topological polar surface area (TPSA) is 26.0 Å². The number of rotatable bonds is 3. The third-order valence-electron chi connectivity index (χ3n) is 2.97. The van der Waals surface area contributed by atoms with E-state index in [1.54, 1.807) is 0 Å². The predicted octanol–water partition coefficient (Wildman–Crippen LogP) is 3.42. The molecule has 1 aliphatic rings. The maximum Gasteiger partial charge on any atom is 0.0247 e. The maximum atomic E-state index is 6.08. The van der Waals surface area contributed by atoms with Crippen LogP contribution < -0.4 is 5.73 Å². The lowest BCUT2D eigenvalue weighted by atomic mass is 9.88. The number of hydrogen-bond donors (Lipinski definition) is 1. The van der Waals surface area contributed by atoms with Crippen molar-refractivity contribution in [2.75, 3.05) is 0 Å². The molecule has 1 nitrogen and oxygen atoms in total. The lowest BCUT2D eigenvalue weighted by Crippen LogP contribution is -2.40. The second-order valence-electron chi connectivity index (χ2n) is 5.69. The molecule has 0 aliphatic heterocycles. The molecule has 0 radical (unpaired) electrons. The van der Waals surface area contributed by atoms with Crippen LogP contribution in [0.2, 0.25) is 0 Å². The van der Waals surface area contributed by atoms with E-state index in [0.717, 1.165) is 5.25 Å². The molecule has 0 aromatic carbocycles. The summed E-state index contributed by atoms with van der Waals surface area (Å²) in [4.78, 5) is 0. The van der Waals surface area contributed by atoms with E-state index in [4.69, 9.17) is 5.73 Å². The first-order valence-electron chi connectivity index (χ1n) is 5.82. The smallest absolute Gasteiger partial charge is 0.0247 e. The molecule has 1 rings (SSSR count). The van der Waals surface area contributed by atoms with Crippen molar-refractivity contribution in [3.8, 4) is 0 Å². The molecule has 2 N–H and O–H groups in total. The van der Waals surface area contributed by atoms with Crippen LogP contribution in [0.25, 0.3) is 0 Å². The van der Waals surface area contributed by atoms with E-state index in [1.165, 1.54) is 25.7 Å². The Morgan fingerprint density at radius 1 is 1.21 bits per heavy atom. The Kier molecular flexibility index (Phi) is 4.32. The molecular formula is C12H25NS. The number of hydrogen-bond acceptors (Lipinski definition) is 2. The standard InChI is InChI=1S/C12H25NS/c1-9(13)11(12(2,3)4)14-10-7-5-6-8-10/h9-11H,5-8,13H2,1-4H3. The van der Waals surface area contributed by atoms with Crippen LogP contribution in [0, 0.1) is 5.41 Å². The molecule has 2 heteroatoms. The van der Waals surface area contributed by atoms with Crippen molar-refractivity contribution in [3.63, 3.8) is 0 Å². The second kappa shape index (κ2) is 4.89. The highest BCUT2D eigenvalue weighted by Crippen LogP contribution is 2.40. The van der Waals surface area contributed by atoms with Gasteiger partial charge in [-0.15, -0.1) is 0 Å². The summed E-state index contributed by atoms with van der Waals surface area (Å²) in [7, 11) is 0. The minimum absolute atomic E-state index is 0.306. The molecule has 0 bridgehead atoms. The number of nitrogens with two attached hydrogens (primary N) is 1. The summed E-state index contributed by atoms with van der Waals surface area (Å²) in [6.45, 7) is 9.08. The Morgan fingerprint density at radius 3 is 2.07 bits per heavy atom. The molecule has 2 atom stereocenters. The third kappa shape index (κ3) is 3.47. The molecule has 0 amide bonds. The average molecular weight is 215 g/mol. The van der Waals surface area contributed by atoms with Crippen molar-refractivity contribution in [2.45, 2.75) is 69.9 Å². The predicted molar refractivity (Wildman–Crippen MR) is 66.7 cm³/mol. The summed E-state index contributed by atoms with van der Waals surface area (Å²) in [5.74, 6) is 0. The summed E-state index contributed by atoms with van der Waals surface area (Å²) in [5, 5.41) is 1.48. The van der Waals surface area contributed by atoms with Crippen molar-refractivity contribution in [1.29, 1.82) is 0 Å². The van der Waals surface area contributed by atoms with Gasteiger partial charge in [-0.3, -0.25) is 0 Å². The minimum Gasteiger partial charge on any atom is -0.327 e. The van der Waals surface area contributed by atoms with Crippen LogP contribution in [0.1, 0.15) is 53.4 Å². The first kappa shape index (κ1) is 12.4. The van der Waals surface area contributed by atoms with E-state index in [1.807, 2.05) is 0 Å². The summed E-state index contributed by atoms with van der Waals surface area (Å²) in [5.41, 5.74) is 6.41. The van der Waals surface area contributed by atoms with Gasteiger partial charge in [0, 0.05) is 16.5 Å². The van der Waals surface area contributed by atoms with Crippen LogP contribution in [0.4, 0.5) is 0 Å². The fourth-order valence-electron chi connectivity index (χ4n) is 2.35. The van der Waals surface area contributed by atoms with Gasteiger partial charge < -0.3 is 5.73 Å². The molecule has 0 heterocycles. The molecule has 0 spiro atoms. The molecule has 1 saturated carbocycles. The van der Waals surface area contributed by atoms with Gasteiger partial charge in [0.2, 0.25) is 0 Å². The molecular weight excluding hydrogens is 190 g/mol. The summed E-state index contributed by atoms with van der Waals surface area (Å²) in [6.07, 6.45) is 5.66. The zero-order valence-corrected chi connectivity index (χ0v) is 10.9. The van der Waals surface area contributed by atoms with Crippen molar-refractivity contribution in [2.24, 2.45) is 11.1 Å². The van der Waals surface area contributed by atoms with Crippen LogP contribution in [-0.4, -0.2) is 16.5 Å². The Balaban J connectivity index is 2.50. The Hall–Kier alpha value is 0.310. The first-order valence-corrected chi connectivity index (χ1v) is 6.76. The van der Waals surface area contributed by atoms with Gasteiger partial charge in [-0.1, -0.05) is 33.6 Å². The van der Waals surface area contributed by atoms with Gasteiger partial charge in [0.15, 0.2) is 0 Å². The summed E-state index contributed by atoms with van der Waals surface area (Å²) in [6, 6.07) is 0.306. The number of thioether (sulfide) groups is 1. The van der Waals surface area contributed by atoms with E-state index in [0.29, 0.717) is 16.7 Å². The molecule has 1 fully saturated rings. The van der Waals surface area contributed by atoms with E-state index in [2.05, 4.69) is 39.5 Å². The van der Waals surface area contributed by atoms with Crippen LogP contribution in [0.5, 0.6) is 0 Å². The van der Waals surface area contributed by atoms with Gasteiger partial charge in [-0.25, -0.2) is 0 Å². The zero-order chi connectivity index (χ0) is 10.8. The van der Waals surface area contributed by atoms with Crippen molar-refractivity contribution in [1.82, 2.24) is 0 Å². The van der Waals surface area contributed by atoms with E-state index >= 15 is 0 Å². The van der Waals surface area contributed by atoms with E-state index in [-0.39, 0.29) is 0 Å². The largest absolute Gasteiger partial charge is 0.327 e. The Labute approximate surface area is 93.2 Å². The Bertz CT molecular complexity index is 166. The molecule has 1 aliphatic carbocycles. The maximum absolute atomic E-state index is 6.08. The Morgan fingerprint density at radius 2 is 1.71 bits per heavy atom. The van der Waals surface area contributed by atoms with Gasteiger partial charge in [0.1, 0.15) is 0 Å². The van der Waals surface area contributed by atoms with Crippen molar-refractivity contribution in [3.05, 3.63) is 0 Å². The third-order valence-corrected chi connectivity index (χ3v) is 5.26. The van der Waals surface area contributed by atoms with Crippen LogP contribution >= 0.6 is 11.8 Å². The van der Waals surface area contributed by atoms with Crippen molar-refractivity contribution >= 4 is 11.8 Å². The van der Waals surface area contributed by atoms with Gasteiger partial charge in [-0.05, 0) is 25.2 Å². The quantitative estimate of drug-likeness (QED) is 0.780. The zero-order valence-electron chi connectivity index (χ0n) is 10.0. The molecule has 0 aromatic heterocycles. The van der Waals surface area contributed by atoms with Crippen LogP contribution in [0.15, 0.2) is 0 Å². The molecule has 0 saturated heterocycles. The molecule has 0 aromatic rings. The lowest BCUT2D eigenvalue weighted by molar-refractivity contribution is 0.362. The highest BCUT2D eigenvalue weighted by molar-refractivity contribution is 8.00. The fourth-order valence-corrected chi connectivity index (χ4v) is 4.02. The van der Waals surface area contributed by atoms with Crippen LogP contribution in [-0.2, 0) is 0 Å². The monoisotopic (exact) mass is 215 g/mol. The fraction of sp³-hybridized carbons (Fsp3) is 1.00. The van der Waals surface area contributed by atoms with Gasteiger partial charge in [0.25, 0.3) is 0 Å². The van der Waals surface area contributed by atoms with E-state index in [9.17, 15) is 0 Å². The first-order chi connectivity index (χ1) is 6.41. The molecule has 14 heavy (non-hydrogen) atoms. The van der Waals surface area contributed by atoms with E-state index < -0.39 is 0 Å². The molecule has 84 valence electrons. The van der Waals surface area contributed by atoms with Gasteiger partial charge in [-0.2, -0.15) is 11.8 Å². The lowest BCUT2D eigenvalue weighted by Gasteiger charge is -2.35. The van der Waals surface area contributed by atoms with Gasteiger partial charge in [0.05, 0.1) is 0 Å². The summed E-state index contributed by atoms with van der Waals surface area (Å²) >= 11 is 2.14. The van der Waals surface area contributed by atoms with Crippen LogP contribution in [0.3, 0.4) is 0 Å². The van der Waals surface area contributed by atoms with Gasteiger partial charge >= 0.3 is 0 Å². The highest BCUT2D eigenvalue weighted by atomic mass is 32.2. The SMILES string of the molecule is CC(N)C(SC1CCCC1)C(C)(C)C. The van der Waals surface area contributed by atoms with Crippen molar-refractivity contribution < 1.29 is 0 Å². The molecule has 2 unspecified atom stereocenters. The average Bonchev–Trinajstić information content (AvgIpc) is 2.48. The second-order valence-corrected chi connectivity index (χ2v) is 7.13. The minimum atomic E-state index is 0.306.